The van der Waals surface area contributed by atoms with Crippen LogP contribution in [0.3, 0.4) is 0 Å². The van der Waals surface area contributed by atoms with E-state index in [1.807, 2.05) is 0 Å². The van der Waals surface area contributed by atoms with Crippen molar-refractivity contribution in [1.29, 1.82) is 0 Å². The third-order valence-electron chi connectivity index (χ3n) is 2.31. The van der Waals surface area contributed by atoms with Crippen LogP contribution < -0.4 is 5.32 Å². The van der Waals surface area contributed by atoms with Crippen molar-refractivity contribution in [2.24, 2.45) is 0 Å². The number of pyridine rings is 1. The molecule has 0 saturated heterocycles. The van der Waals surface area contributed by atoms with Crippen molar-refractivity contribution in [2.45, 2.75) is 0 Å². The van der Waals surface area contributed by atoms with E-state index in [2.05, 4.69) is 10.3 Å². The molecule has 0 unspecified atom stereocenters. The van der Waals surface area contributed by atoms with Gasteiger partial charge in [0, 0.05) is 24.0 Å². The van der Waals surface area contributed by atoms with Gasteiger partial charge in [0.1, 0.15) is 0 Å². The lowest BCUT2D eigenvalue weighted by Gasteiger charge is -2.09. The summed E-state index contributed by atoms with van der Waals surface area (Å²) in [6, 6.07) is 2.66. The van der Waals surface area contributed by atoms with Crippen LogP contribution in [0.5, 0.6) is 0 Å². The van der Waals surface area contributed by atoms with Crippen LogP contribution in [0.2, 0.25) is 0 Å². The molecule has 0 radical (unpaired) electrons. The van der Waals surface area contributed by atoms with Gasteiger partial charge in [0.05, 0.1) is 17.4 Å². The fourth-order valence-electron chi connectivity index (χ4n) is 1.46. The second-order valence-corrected chi connectivity index (χ2v) is 3.61. The highest BCUT2D eigenvalue weighted by Crippen LogP contribution is 2.23. The summed E-state index contributed by atoms with van der Waals surface area (Å²) >= 11 is 0. The zero-order chi connectivity index (χ0) is 14.0. The molecule has 19 heavy (non-hydrogen) atoms. The number of rotatable bonds is 3. The Balaban J connectivity index is 2.39. The van der Waals surface area contributed by atoms with Crippen molar-refractivity contribution >= 4 is 17.3 Å². The summed E-state index contributed by atoms with van der Waals surface area (Å²) in [6.07, 6.45) is 2.45. The molecule has 7 heteroatoms. The summed E-state index contributed by atoms with van der Waals surface area (Å²) < 4.78 is 38.8. The van der Waals surface area contributed by atoms with Crippen LogP contribution in [0.15, 0.2) is 30.6 Å². The van der Waals surface area contributed by atoms with E-state index >= 15 is 0 Å². The van der Waals surface area contributed by atoms with Gasteiger partial charge in [0.25, 0.3) is 0 Å². The van der Waals surface area contributed by atoms with Crippen molar-refractivity contribution < 1.29 is 23.1 Å². The third-order valence-corrected chi connectivity index (χ3v) is 2.31. The molecule has 0 spiro atoms. The van der Waals surface area contributed by atoms with Crippen molar-refractivity contribution in [2.75, 3.05) is 5.32 Å². The van der Waals surface area contributed by atoms with E-state index in [1.54, 1.807) is 0 Å². The molecular weight excluding hydrogens is 261 g/mol. The topological polar surface area (TPSA) is 62.2 Å². The summed E-state index contributed by atoms with van der Waals surface area (Å²) in [5.74, 6) is -5.56. The molecule has 0 bridgehead atoms. The molecule has 0 aliphatic heterocycles. The van der Waals surface area contributed by atoms with Crippen LogP contribution in [0, 0.1) is 17.5 Å². The zero-order valence-electron chi connectivity index (χ0n) is 9.32. The number of carboxylic acids is 1. The minimum Gasteiger partial charge on any atom is -0.478 e. The van der Waals surface area contributed by atoms with E-state index < -0.39 is 23.4 Å². The monoisotopic (exact) mass is 268 g/mol. The van der Waals surface area contributed by atoms with Crippen LogP contribution in [0.4, 0.5) is 24.5 Å². The average molecular weight is 268 g/mol. The van der Waals surface area contributed by atoms with E-state index in [-0.39, 0.29) is 16.9 Å². The molecule has 0 aliphatic rings. The minimum absolute atomic E-state index is 0.0420. The summed E-state index contributed by atoms with van der Waals surface area (Å²) in [5, 5.41) is 11.4. The molecule has 0 aliphatic carbocycles. The van der Waals surface area contributed by atoms with Gasteiger partial charge in [-0.3, -0.25) is 4.98 Å². The maximum absolute atomic E-state index is 13.0. The highest BCUT2D eigenvalue weighted by Gasteiger charge is 2.13. The Hall–Kier alpha value is -2.57. The number of aromatic nitrogens is 1. The van der Waals surface area contributed by atoms with Crippen LogP contribution in [0.1, 0.15) is 10.4 Å². The number of benzene rings is 1. The second kappa shape index (κ2) is 4.97. The Morgan fingerprint density at radius 2 is 1.84 bits per heavy atom. The van der Waals surface area contributed by atoms with Crippen LogP contribution in [0.25, 0.3) is 0 Å². The van der Waals surface area contributed by atoms with Gasteiger partial charge < -0.3 is 10.4 Å². The van der Waals surface area contributed by atoms with Gasteiger partial charge in [-0.1, -0.05) is 0 Å². The van der Waals surface area contributed by atoms with E-state index in [1.165, 1.54) is 18.5 Å². The SMILES string of the molecule is O=C(O)c1ccncc1Nc1cc(F)c(F)c(F)c1. The summed E-state index contributed by atoms with van der Waals surface area (Å²) in [7, 11) is 0. The first-order valence-corrected chi connectivity index (χ1v) is 5.08. The Kier molecular flexibility index (Phi) is 3.37. The van der Waals surface area contributed by atoms with Crippen LogP contribution in [-0.2, 0) is 0 Å². The average Bonchev–Trinajstić information content (AvgIpc) is 2.36. The number of aromatic carboxylic acids is 1. The number of halogens is 3. The number of carboxylic acid groups (broad SMARTS) is 1. The molecule has 0 amide bonds. The van der Waals surface area contributed by atoms with E-state index in [0.717, 1.165) is 12.1 Å². The molecule has 1 aromatic heterocycles. The molecule has 1 heterocycles. The summed E-state index contributed by atoms with van der Waals surface area (Å²) in [6.45, 7) is 0. The normalized spacial score (nSPS) is 10.3. The zero-order valence-corrected chi connectivity index (χ0v) is 9.32. The standard InChI is InChI=1S/C12H7F3N2O2/c13-8-3-6(4-9(14)11(8)15)17-10-5-16-2-1-7(10)12(18)19/h1-5,17H,(H,18,19). The molecule has 1 aromatic carbocycles. The van der Waals surface area contributed by atoms with E-state index in [9.17, 15) is 18.0 Å². The number of nitrogens with zero attached hydrogens (tertiary/aromatic N) is 1. The Bertz CT molecular complexity index is 624. The molecule has 4 nitrogen and oxygen atoms in total. The molecule has 2 rings (SSSR count). The maximum Gasteiger partial charge on any atom is 0.337 e. The van der Waals surface area contributed by atoms with Gasteiger partial charge in [-0.2, -0.15) is 0 Å². The largest absolute Gasteiger partial charge is 0.478 e. The third kappa shape index (κ3) is 2.65. The molecule has 2 N–H and O–H groups in total. The molecule has 2 aromatic rings. The van der Waals surface area contributed by atoms with Gasteiger partial charge >= 0.3 is 5.97 Å². The van der Waals surface area contributed by atoms with Gasteiger partial charge in [0.2, 0.25) is 0 Å². The first kappa shape index (κ1) is 12.9. The fraction of sp³-hybridized carbons (Fsp3) is 0. The number of carbonyl (C=O) groups is 1. The number of hydrogen-bond acceptors (Lipinski definition) is 3. The lowest BCUT2D eigenvalue weighted by atomic mass is 10.2. The van der Waals surface area contributed by atoms with Crippen molar-refractivity contribution in [3.8, 4) is 0 Å². The number of hydrogen-bond donors (Lipinski definition) is 2. The lowest BCUT2D eigenvalue weighted by molar-refractivity contribution is 0.0698. The van der Waals surface area contributed by atoms with Gasteiger partial charge in [-0.15, -0.1) is 0 Å². The second-order valence-electron chi connectivity index (χ2n) is 3.61. The van der Waals surface area contributed by atoms with Crippen molar-refractivity contribution in [3.05, 3.63) is 53.6 Å². The van der Waals surface area contributed by atoms with Gasteiger partial charge in [-0.25, -0.2) is 18.0 Å². The van der Waals surface area contributed by atoms with Gasteiger partial charge in [-0.05, 0) is 6.07 Å². The molecule has 0 atom stereocenters. The van der Waals surface area contributed by atoms with Crippen LogP contribution >= 0.6 is 0 Å². The Morgan fingerprint density at radius 1 is 1.21 bits per heavy atom. The van der Waals surface area contributed by atoms with E-state index in [4.69, 9.17) is 5.11 Å². The lowest BCUT2D eigenvalue weighted by Crippen LogP contribution is -2.04. The minimum atomic E-state index is -1.59. The molecule has 98 valence electrons. The Labute approximate surface area is 105 Å². The molecular formula is C12H7F3N2O2. The van der Waals surface area contributed by atoms with E-state index in [0.29, 0.717) is 0 Å². The predicted molar refractivity (Wildman–Crippen MR) is 60.8 cm³/mol. The van der Waals surface area contributed by atoms with Gasteiger partial charge in [0.15, 0.2) is 17.5 Å². The quantitative estimate of drug-likeness (QED) is 0.840. The summed E-state index contributed by atoms with van der Waals surface area (Å²) in [5.41, 5.74) is -0.201. The highest BCUT2D eigenvalue weighted by molar-refractivity contribution is 5.94. The summed E-state index contributed by atoms with van der Waals surface area (Å²) in [4.78, 5) is 14.6. The van der Waals surface area contributed by atoms with Crippen molar-refractivity contribution in [1.82, 2.24) is 4.98 Å². The van der Waals surface area contributed by atoms with Crippen molar-refractivity contribution in [3.63, 3.8) is 0 Å². The molecule has 0 fully saturated rings. The number of anilines is 2. The van der Waals surface area contributed by atoms with Crippen LogP contribution in [-0.4, -0.2) is 16.1 Å². The first-order chi connectivity index (χ1) is 8.99. The maximum atomic E-state index is 13.0. The fourth-order valence-corrected chi connectivity index (χ4v) is 1.46. The Morgan fingerprint density at radius 3 is 2.42 bits per heavy atom. The highest BCUT2D eigenvalue weighted by atomic mass is 19.2. The molecule has 0 saturated carbocycles. The predicted octanol–water partition coefficient (Wildman–Crippen LogP) is 2.94. The smallest absolute Gasteiger partial charge is 0.337 e. The number of nitrogens with one attached hydrogen (secondary N) is 1. The first-order valence-electron chi connectivity index (χ1n) is 5.08.